The van der Waals surface area contributed by atoms with Crippen molar-refractivity contribution in [2.45, 2.75) is 6.92 Å². The summed E-state index contributed by atoms with van der Waals surface area (Å²) in [5.74, 6) is 0.590. The fraction of sp³-hybridized carbons (Fsp3) is 0.857. The lowest BCUT2D eigenvalue weighted by Crippen LogP contribution is -2.24. The maximum absolute atomic E-state index is 9.89. The number of carbonyl (C=O) groups excluding carboxylic acids is 1. The minimum Gasteiger partial charge on any atom is -0.358 e. The quantitative estimate of drug-likeness (QED) is 0.421. The van der Waals surface area contributed by atoms with Gasteiger partial charge in [-0.2, -0.15) is 0 Å². The molecule has 10 heavy (non-hydrogen) atoms. The highest BCUT2D eigenvalue weighted by Crippen LogP contribution is 2.06. The Hall–Kier alpha value is -0.570. The minimum atomic E-state index is 0.590. The Labute approximate surface area is 61.4 Å². The normalized spacial score (nSPS) is 20.1. The van der Waals surface area contributed by atoms with Crippen LogP contribution in [0.25, 0.3) is 0 Å². The van der Waals surface area contributed by atoms with Gasteiger partial charge < -0.3 is 10.2 Å². The van der Waals surface area contributed by atoms with E-state index in [2.05, 4.69) is 17.1 Å². The van der Waals surface area contributed by atoms with Gasteiger partial charge in [0.15, 0.2) is 0 Å². The molecule has 1 aliphatic rings. The summed E-state index contributed by atoms with van der Waals surface area (Å²) in [6.07, 6.45) is 0.763. The van der Waals surface area contributed by atoms with Gasteiger partial charge in [0.05, 0.1) is 0 Å². The second-order valence-electron chi connectivity index (χ2n) is 2.93. The van der Waals surface area contributed by atoms with Crippen LogP contribution in [-0.2, 0) is 4.79 Å². The Balaban J connectivity index is 1.96. The lowest BCUT2D eigenvalue weighted by molar-refractivity contribution is -0.109. The van der Waals surface area contributed by atoms with Crippen LogP contribution in [0.5, 0.6) is 0 Å². The molecule has 1 heterocycles. The van der Waals surface area contributed by atoms with Gasteiger partial charge in [0.1, 0.15) is 0 Å². The molecule has 1 unspecified atom stereocenters. The molecule has 1 rings (SSSR count). The number of rotatable bonds is 5. The molecule has 1 atom stereocenters. The van der Waals surface area contributed by atoms with Crippen molar-refractivity contribution >= 4 is 6.41 Å². The number of nitrogens with one attached hydrogen (secondary N) is 1. The SMILES string of the molecule is CC(CNC=O)CN1CC1. The van der Waals surface area contributed by atoms with E-state index in [1.54, 1.807) is 0 Å². The molecule has 1 fully saturated rings. The molecule has 0 aromatic rings. The predicted octanol–water partition coefficient (Wildman–Crippen LogP) is -0.316. The summed E-state index contributed by atoms with van der Waals surface area (Å²) < 4.78 is 0. The van der Waals surface area contributed by atoms with Gasteiger partial charge in [-0.15, -0.1) is 0 Å². The topological polar surface area (TPSA) is 32.1 Å². The zero-order valence-electron chi connectivity index (χ0n) is 6.34. The molecule has 1 N–H and O–H groups in total. The molecule has 1 saturated heterocycles. The lowest BCUT2D eigenvalue weighted by Gasteiger charge is -2.09. The molecule has 0 radical (unpaired) electrons. The molecule has 0 saturated carbocycles. The van der Waals surface area contributed by atoms with E-state index in [1.807, 2.05) is 0 Å². The fourth-order valence-electron chi connectivity index (χ4n) is 1.01. The van der Waals surface area contributed by atoms with E-state index in [0.29, 0.717) is 5.92 Å². The Morgan fingerprint density at radius 1 is 1.70 bits per heavy atom. The first kappa shape index (κ1) is 7.54. The van der Waals surface area contributed by atoms with Gasteiger partial charge in [0.2, 0.25) is 6.41 Å². The van der Waals surface area contributed by atoms with Crippen molar-refractivity contribution in [3.63, 3.8) is 0 Å². The van der Waals surface area contributed by atoms with Crippen molar-refractivity contribution in [1.29, 1.82) is 0 Å². The third kappa shape index (κ3) is 2.82. The van der Waals surface area contributed by atoms with Crippen molar-refractivity contribution in [3.05, 3.63) is 0 Å². The van der Waals surface area contributed by atoms with E-state index >= 15 is 0 Å². The molecule has 0 aliphatic carbocycles. The van der Waals surface area contributed by atoms with E-state index in [1.165, 1.54) is 13.1 Å². The summed E-state index contributed by atoms with van der Waals surface area (Å²) in [5, 5.41) is 2.67. The molecule has 0 bridgehead atoms. The van der Waals surface area contributed by atoms with Gasteiger partial charge >= 0.3 is 0 Å². The average Bonchev–Trinajstić information content (AvgIpc) is 2.67. The molecular formula is C7H14N2O. The Morgan fingerprint density at radius 2 is 2.40 bits per heavy atom. The van der Waals surface area contributed by atoms with Gasteiger partial charge in [0, 0.05) is 26.2 Å². The molecular weight excluding hydrogens is 128 g/mol. The first-order valence-corrected chi connectivity index (χ1v) is 3.72. The van der Waals surface area contributed by atoms with Crippen LogP contribution in [0.1, 0.15) is 6.92 Å². The maximum Gasteiger partial charge on any atom is 0.207 e. The highest BCUT2D eigenvalue weighted by molar-refractivity contribution is 5.45. The van der Waals surface area contributed by atoms with Crippen LogP contribution in [0, 0.1) is 5.92 Å². The van der Waals surface area contributed by atoms with Crippen LogP contribution < -0.4 is 5.32 Å². The molecule has 1 amide bonds. The standard InChI is InChI=1S/C7H14N2O/c1-7(4-8-6-10)5-9-2-3-9/h6-7H,2-5H2,1H3,(H,8,10). The monoisotopic (exact) mass is 142 g/mol. The largest absolute Gasteiger partial charge is 0.358 e. The van der Waals surface area contributed by atoms with Crippen LogP contribution in [0.2, 0.25) is 0 Å². The molecule has 1 aliphatic heterocycles. The fourth-order valence-corrected chi connectivity index (χ4v) is 1.01. The first-order chi connectivity index (χ1) is 4.83. The van der Waals surface area contributed by atoms with E-state index < -0.39 is 0 Å². The molecule has 0 spiro atoms. The van der Waals surface area contributed by atoms with Crippen molar-refractivity contribution < 1.29 is 4.79 Å². The van der Waals surface area contributed by atoms with E-state index in [4.69, 9.17) is 0 Å². The van der Waals surface area contributed by atoms with E-state index in [-0.39, 0.29) is 0 Å². The van der Waals surface area contributed by atoms with Gasteiger partial charge in [-0.3, -0.25) is 4.79 Å². The lowest BCUT2D eigenvalue weighted by atomic mass is 10.2. The van der Waals surface area contributed by atoms with Crippen molar-refractivity contribution in [3.8, 4) is 0 Å². The highest BCUT2D eigenvalue weighted by atomic mass is 16.1. The summed E-state index contributed by atoms with van der Waals surface area (Å²) in [5.41, 5.74) is 0. The smallest absolute Gasteiger partial charge is 0.207 e. The zero-order valence-corrected chi connectivity index (χ0v) is 6.34. The Morgan fingerprint density at radius 3 is 2.90 bits per heavy atom. The van der Waals surface area contributed by atoms with Crippen molar-refractivity contribution in [2.75, 3.05) is 26.2 Å². The van der Waals surface area contributed by atoms with Crippen LogP contribution in [0.3, 0.4) is 0 Å². The van der Waals surface area contributed by atoms with Crippen LogP contribution in [0.15, 0.2) is 0 Å². The third-order valence-corrected chi connectivity index (χ3v) is 1.66. The van der Waals surface area contributed by atoms with E-state index in [0.717, 1.165) is 19.5 Å². The highest BCUT2D eigenvalue weighted by Gasteiger charge is 2.18. The summed E-state index contributed by atoms with van der Waals surface area (Å²) in [6, 6.07) is 0. The number of hydrogen-bond acceptors (Lipinski definition) is 2. The maximum atomic E-state index is 9.89. The zero-order chi connectivity index (χ0) is 7.40. The van der Waals surface area contributed by atoms with Gasteiger partial charge in [-0.05, 0) is 5.92 Å². The summed E-state index contributed by atoms with van der Waals surface area (Å²) in [4.78, 5) is 12.2. The van der Waals surface area contributed by atoms with E-state index in [9.17, 15) is 4.79 Å². The number of carbonyl (C=O) groups is 1. The number of amides is 1. The first-order valence-electron chi connectivity index (χ1n) is 3.72. The summed E-state index contributed by atoms with van der Waals surface area (Å²) in [7, 11) is 0. The summed E-state index contributed by atoms with van der Waals surface area (Å²) >= 11 is 0. The minimum absolute atomic E-state index is 0.590. The Kier molecular flexibility index (Phi) is 2.68. The molecule has 0 aromatic heterocycles. The van der Waals surface area contributed by atoms with Gasteiger partial charge in [-0.25, -0.2) is 0 Å². The Bertz CT molecular complexity index is 112. The van der Waals surface area contributed by atoms with Crippen LogP contribution >= 0.6 is 0 Å². The molecule has 58 valence electrons. The molecule has 0 aromatic carbocycles. The molecule has 3 heteroatoms. The molecule has 3 nitrogen and oxygen atoms in total. The van der Waals surface area contributed by atoms with Crippen molar-refractivity contribution in [2.24, 2.45) is 5.92 Å². The second kappa shape index (κ2) is 3.56. The number of hydrogen-bond donors (Lipinski definition) is 1. The average molecular weight is 142 g/mol. The summed E-state index contributed by atoms with van der Waals surface area (Å²) in [6.45, 7) is 6.56. The second-order valence-corrected chi connectivity index (χ2v) is 2.93. The number of nitrogens with zero attached hydrogens (tertiary/aromatic N) is 1. The van der Waals surface area contributed by atoms with Crippen LogP contribution in [0.4, 0.5) is 0 Å². The van der Waals surface area contributed by atoms with Gasteiger partial charge in [0.25, 0.3) is 0 Å². The third-order valence-electron chi connectivity index (χ3n) is 1.66. The van der Waals surface area contributed by atoms with Gasteiger partial charge in [-0.1, -0.05) is 6.92 Å². The van der Waals surface area contributed by atoms with Crippen molar-refractivity contribution in [1.82, 2.24) is 10.2 Å². The predicted molar refractivity (Wildman–Crippen MR) is 39.7 cm³/mol. The van der Waals surface area contributed by atoms with Crippen LogP contribution in [-0.4, -0.2) is 37.5 Å².